The van der Waals surface area contributed by atoms with Gasteiger partial charge in [-0.2, -0.15) is 0 Å². The molecule has 0 aromatic carbocycles. The lowest BCUT2D eigenvalue weighted by Gasteiger charge is -2.33. The lowest BCUT2D eigenvalue weighted by Crippen LogP contribution is -2.46. The van der Waals surface area contributed by atoms with Crippen molar-refractivity contribution in [1.29, 1.82) is 0 Å². The molecule has 1 saturated heterocycles. The second-order valence-electron chi connectivity index (χ2n) is 4.80. The summed E-state index contributed by atoms with van der Waals surface area (Å²) in [5.74, 6) is 1.09. The number of ether oxygens (including phenoxy) is 1. The second kappa shape index (κ2) is 4.63. The van der Waals surface area contributed by atoms with Crippen molar-refractivity contribution in [2.24, 2.45) is 5.73 Å². The summed E-state index contributed by atoms with van der Waals surface area (Å²) >= 11 is 0. The van der Waals surface area contributed by atoms with Crippen LogP contribution in [-0.4, -0.2) is 37.3 Å². The van der Waals surface area contributed by atoms with Gasteiger partial charge in [-0.1, -0.05) is 6.07 Å². The maximum Gasteiger partial charge on any atom is 0.128 e. The predicted molar refractivity (Wildman–Crippen MR) is 67.3 cm³/mol. The molecule has 0 amide bonds. The van der Waals surface area contributed by atoms with E-state index in [2.05, 4.69) is 17.0 Å². The van der Waals surface area contributed by atoms with Crippen molar-refractivity contribution in [3.8, 4) is 0 Å². The topological polar surface area (TPSA) is 51.4 Å². The van der Waals surface area contributed by atoms with Gasteiger partial charge >= 0.3 is 0 Å². The monoisotopic (exact) mass is 233 g/mol. The molecule has 3 rings (SSSR count). The van der Waals surface area contributed by atoms with E-state index in [-0.39, 0.29) is 6.10 Å². The van der Waals surface area contributed by atoms with Crippen LogP contribution in [0.2, 0.25) is 0 Å². The molecule has 0 spiro atoms. The minimum absolute atomic E-state index is 0.152. The minimum Gasteiger partial charge on any atom is -0.373 e. The average Bonchev–Trinajstić information content (AvgIpc) is 2.86. The van der Waals surface area contributed by atoms with Crippen molar-refractivity contribution < 1.29 is 4.74 Å². The van der Waals surface area contributed by atoms with E-state index in [1.165, 1.54) is 24.1 Å². The first-order valence-corrected chi connectivity index (χ1v) is 6.42. The number of hydrogen-bond acceptors (Lipinski definition) is 4. The molecule has 1 aromatic rings. The Kier molecular flexibility index (Phi) is 2.99. The van der Waals surface area contributed by atoms with E-state index < -0.39 is 0 Å². The van der Waals surface area contributed by atoms with E-state index in [1.807, 2.05) is 0 Å². The quantitative estimate of drug-likeness (QED) is 0.818. The molecule has 2 aliphatic rings. The summed E-state index contributed by atoms with van der Waals surface area (Å²) in [5.41, 5.74) is 8.38. The molecular formula is C13H19N3O. The highest BCUT2D eigenvalue weighted by Crippen LogP contribution is 2.24. The van der Waals surface area contributed by atoms with Crippen LogP contribution in [0.5, 0.6) is 0 Å². The van der Waals surface area contributed by atoms with E-state index in [1.54, 1.807) is 0 Å². The van der Waals surface area contributed by atoms with Crippen LogP contribution in [-0.2, 0) is 17.6 Å². The maximum absolute atomic E-state index is 5.66. The van der Waals surface area contributed by atoms with Crippen molar-refractivity contribution >= 4 is 5.82 Å². The number of pyridine rings is 1. The number of anilines is 1. The molecule has 2 heterocycles. The fraction of sp³-hybridized carbons (Fsp3) is 0.615. The first kappa shape index (κ1) is 11.0. The lowest BCUT2D eigenvalue weighted by molar-refractivity contribution is 0.0463. The molecule has 0 bridgehead atoms. The summed E-state index contributed by atoms with van der Waals surface area (Å²) in [7, 11) is 0. The third kappa shape index (κ3) is 2.15. The number of morpholine rings is 1. The first-order chi connectivity index (χ1) is 8.36. The van der Waals surface area contributed by atoms with Gasteiger partial charge < -0.3 is 15.4 Å². The van der Waals surface area contributed by atoms with Gasteiger partial charge in [-0.3, -0.25) is 0 Å². The summed E-state index contributed by atoms with van der Waals surface area (Å²) in [6.45, 7) is 3.12. The Morgan fingerprint density at radius 1 is 1.41 bits per heavy atom. The minimum atomic E-state index is 0.152. The molecule has 17 heavy (non-hydrogen) atoms. The third-order valence-corrected chi connectivity index (χ3v) is 3.64. The van der Waals surface area contributed by atoms with Crippen LogP contribution in [0.4, 0.5) is 5.82 Å². The molecule has 0 radical (unpaired) electrons. The predicted octanol–water partition coefficient (Wildman–Crippen LogP) is 0.734. The van der Waals surface area contributed by atoms with Crippen molar-refractivity contribution in [3.05, 3.63) is 23.4 Å². The second-order valence-corrected chi connectivity index (χ2v) is 4.80. The summed E-state index contributed by atoms with van der Waals surface area (Å²) < 4.78 is 5.58. The van der Waals surface area contributed by atoms with E-state index >= 15 is 0 Å². The number of aromatic nitrogens is 1. The molecule has 4 nitrogen and oxygen atoms in total. The fourth-order valence-electron chi connectivity index (χ4n) is 2.66. The number of aryl methyl sites for hydroxylation is 2. The van der Waals surface area contributed by atoms with Gasteiger partial charge in [-0.05, 0) is 30.9 Å². The molecule has 1 fully saturated rings. The smallest absolute Gasteiger partial charge is 0.128 e. The van der Waals surface area contributed by atoms with Gasteiger partial charge in [0.1, 0.15) is 5.82 Å². The molecular weight excluding hydrogens is 214 g/mol. The molecule has 0 saturated carbocycles. The van der Waals surface area contributed by atoms with Crippen molar-refractivity contribution in [2.45, 2.75) is 25.4 Å². The number of hydrogen-bond donors (Lipinski definition) is 1. The molecule has 4 heteroatoms. The largest absolute Gasteiger partial charge is 0.373 e. The van der Waals surface area contributed by atoms with Gasteiger partial charge in [0.05, 0.1) is 12.7 Å². The zero-order valence-corrected chi connectivity index (χ0v) is 10.1. The molecule has 92 valence electrons. The van der Waals surface area contributed by atoms with Gasteiger partial charge in [0.2, 0.25) is 0 Å². The van der Waals surface area contributed by atoms with Crippen LogP contribution in [0.15, 0.2) is 12.1 Å². The standard InChI is InChI=1S/C13H19N3O/c14-8-11-9-16(6-7-17-11)13-5-4-10-2-1-3-12(10)15-13/h4-5,11H,1-3,6-9,14H2. The van der Waals surface area contributed by atoms with Gasteiger partial charge in [0.15, 0.2) is 0 Å². The lowest BCUT2D eigenvalue weighted by atomic mass is 10.2. The Balaban J connectivity index is 1.79. The number of nitrogens with zero attached hydrogens (tertiary/aromatic N) is 2. The highest BCUT2D eigenvalue weighted by molar-refractivity contribution is 5.43. The fourth-order valence-corrected chi connectivity index (χ4v) is 2.66. The van der Waals surface area contributed by atoms with Crippen molar-refractivity contribution in [1.82, 2.24) is 4.98 Å². The zero-order valence-electron chi connectivity index (χ0n) is 10.1. The molecule has 1 aliphatic heterocycles. The van der Waals surface area contributed by atoms with Gasteiger partial charge in [0.25, 0.3) is 0 Å². The Morgan fingerprint density at radius 2 is 2.35 bits per heavy atom. The molecule has 1 aliphatic carbocycles. The summed E-state index contributed by atoms with van der Waals surface area (Å²) in [4.78, 5) is 7.07. The third-order valence-electron chi connectivity index (χ3n) is 3.64. The first-order valence-electron chi connectivity index (χ1n) is 6.42. The Hall–Kier alpha value is -1.13. The maximum atomic E-state index is 5.66. The molecule has 1 atom stereocenters. The molecule has 2 N–H and O–H groups in total. The number of rotatable bonds is 2. The Labute approximate surface area is 102 Å². The molecule has 1 aromatic heterocycles. The molecule has 1 unspecified atom stereocenters. The Bertz CT molecular complexity index is 408. The van der Waals surface area contributed by atoms with Crippen LogP contribution >= 0.6 is 0 Å². The van der Waals surface area contributed by atoms with E-state index in [0.29, 0.717) is 6.54 Å². The SMILES string of the molecule is NCC1CN(c2ccc3c(n2)CCC3)CCO1. The van der Waals surface area contributed by atoms with Gasteiger partial charge in [-0.15, -0.1) is 0 Å². The highest BCUT2D eigenvalue weighted by Gasteiger charge is 2.21. The Morgan fingerprint density at radius 3 is 3.24 bits per heavy atom. The van der Waals surface area contributed by atoms with Crippen LogP contribution in [0.1, 0.15) is 17.7 Å². The van der Waals surface area contributed by atoms with Crippen LogP contribution < -0.4 is 10.6 Å². The van der Waals surface area contributed by atoms with Crippen LogP contribution in [0.25, 0.3) is 0 Å². The normalized spacial score (nSPS) is 23.8. The average molecular weight is 233 g/mol. The number of nitrogens with two attached hydrogens (primary N) is 1. The van der Waals surface area contributed by atoms with Gasteiger partial charge in [-0.25, -0.2) is 4.98 Å². The van der Waals surface area contributed by atoms with E-state index in [9.17, 15) is 0 Å². The van der Waals surface area contributed by atoms with Gasteiger partial charge in [0, 0.05) is 25.3 Å². The summed E-state index contributed by atoms with van der Waals surface area (Å²) in [6, 6.07) is 4.38. The number of fused-ring (bicyclic) bond motifs is 1. The van der Waals surface area contributed by atoms with Crippen LogP contribution in [0, 0.1) is 0 Å². The van der Waals surface area contributed by atoms with Crippen molar-refractivity contribution in [2.75, 3.05) is 31.1 Å². The highest BCUT2D eigenvalue weighted by atomic mass is 16.5. The van der Waals surface area contributed by atoms with Crippen LogP contribution in [0.3, 0.4) is 0 Å². The van der Waals surface area contributed by atoms with E-state index in [0.717, 1.165) is 31.9 Å². The van der Waals surface area contributed by atoms with Crippen molar-refractivity contribution in [3.63, 3.8) is 0 Å². The van der Waals surface area contributed by atoms with E-state index in [4.69, 9.17) is 15.5 Å². The summed E-state index contributed by atoms with van der Waals surface area (Å²) in [6.07, 6.45) is 3.73. The summed E-state index contributed by atoms with van der Waals surface area (Å²) in [5, 5.41) is 0. The zero-order chi connectivity index (χ0) is 11.7.